The van der Waals surface area contributed by atoms with Gasteiger partial charge in [0.2, 0.25) is 0 Å². The van der Waals surface area contributed by atoms with Crippen molar-refractivity contribution in [2.45, 2.75) is 11.8 Å². The van der Waals surface area contributed by atoms with Gasteiger partial charge >= 0.3 is 5.97 Å². The lowest BCUT2D eigenvalue weighted by atomic mass is 10.2. The minimum Gasteiger partial charge on any atom is -0.452 e. The molecule has 1 aromatic heterocycles. The molecule has 1 heterocycles. The Morgan fingerprint density at radius 3 is 2.37 bits per heavy atom. The number of carbonyl (C=O) groups is 2. The van der Waals surface area contributed by atoms with E-state index in [0.29, 0.717) is 17.1 Å². The van der Waals surface area contributed by atoms with Crippen LogP contribution in [0.2, 0.25) is 0 Å². The van der Waals surface area contributed by atoms with E-state index in [4.69, 9.17) is 15.0 Å². The number of amides is 1. The zero-order valence-corrected chi connectivity index (χ0v) is 16.6. The number of anilines is 3. The van der Waals surface area contributed by atoms with Crippen molar-refractivity contribution in [3.8, 4) is 0 Å². The first-order valence-electron chi connectivity index (χ1n) is 8.62. The van der Waals surface area contributed by atoms with E-state index in [1.165, 1.54) is 42.5 Å². The van der Waals surface area contributed by atoms with Crippen LogP contribution in [-0.2, 0) is 19.6 Å². The van der Waals surface area contributed by atoms with Crippen molar-refractivity contribution in [2.24, 2.45) is 0 Å². The van der Waals surface area contributed by atoms with Crippen LogP contribution in [0, 0.1) is 6.92 Å². The van der Waals surface area contributed by atoms with Gasteiger partial charge in [-0.05, 0) is 55.5 Å². The normalized spacial score (nSPS) is 11.0. The Balaban J connectivity index is 1.55. The van der Waals surface area contributed by atoms with Crippen LogP contribution in [0.15, 0.2) is 64.0 Å². The van der Waals surface area contributed by atoms with Crippen molar-refractivity contribution in [3.63, 3.8) is 0 Å². The van der Waals surface area contributed by atoms with Crippen LogP contribution >= 0.6 is 0 Å². The highest BCUT2D eigenvalue weighted by Gasteiger charge is 2.16. The minimum atomic E-state index is -3.86. The van der Waals surface area contributed by atoms with E-state index in [0.717, 1.165) is 0 Å². The standard InChI is InChI=1S/C19H18N4O6S/c1-12-10-17(22-29-12)23-30(26,27)16-8-6-15(7-9-16)21-18(24)11-28-19(25)13-2-4-14(20)5-3-13/h2-10H,11,20H2,1H3,(H,21,24)(H,22,23). The molecule has 1 amide bonds. The average Bonchev–Trinajstić information content (AvgIpc) is 3.11. The molecule has 0 unspecified atom stereocenters. The quantitative estimate of drug-likeness (QED) is 0.381. The Hall–Kier alpha value is -3.86. The van der Waals surface area contributed by atoms with Crippen molar-refractivity contribution >= 4 is 39.1 Å². The number of esters is 1. The lowest BCUT2D eigenvalue weighted by Crippen LogP contribution is -2.21. The van der Waals surface area contributed by atoms with Crippen LogP contribution < -0.4 is 15.8 Å². The average molecular weight is 430 g/mol. The first-order chi connectivity index (χ1) is 14.2. The Bertz CT molecular complexity index is 1150. The second-order valence-corrected chi connectivity index (χ2v) is 7.88. The summed E-state index contributed by atoms with van der Waals surface area (Å²) in [6, 6.07) is 12.9. The summed E-state index contributed by atoms with van der Waals surface area (Å²) in [5, 5.41) is 6.09. The number of nitrogens with one attached hydrogen (secondary N) is 2. The van der Waals surface area contributed by atoms with Gasteiger partial charge in [0.15, 0.2) is 12.4 Å². The van der Waals surface area contributed by atoms with Gasteiger partial charge in [-0.2, -0.15) is 0 Å². The molecule has 10 nitrogen and oxygen atoms in total. The molecule has 0 fully saturated rings. The molecule has 0 aliphatic rings. The van der Waals surface area contributed by atoms with Gasteiger partial charge in [0.05, 0.1) is 10.5 Å². The van der Waals surface area contributed by atoms with E-state index >= 15 is 0 Å². The van der Waals surface area contributed by atoms with Gasteiger partial charge in [0, 0.05) is 17.4 Å². The summed E-state index contributed by atoms with van der Waals surface area (Å²) >= 11 is 0. The summed E-state index contributed by atoms with van der Waals surface area (Å²) in [6.07, 6.45) is 0. The molecule has 0 bridgehead atoms. The highest BCUT2D eigenvalue weighted by Crippen LogP contribution is 2.18. The first-order valence-corrected chi connectivity index (χ1v) is 10.1. The van der Waals surface area contributed by atoms with Crippen molar-refractivity contribution in [1.82, 2.24) is 5.16 Å². The van der Waals surface area contributed by atoms with Gasteiger partial charge in [0.25, 0.3) is 15.9 Å². The van der Waals surface area contributed by atoms with Gasteiger partial charge in [0.1, 0.15) is 5.76 Å². The van der Waals surface area contributed by atoms with Crippen LogP contribution in [0.5, 0.6) is 0 Å². The zero-order valence-electron chi connectivity index (χ0n) is 15.8. The number of aryl methyl sites for hydroxylation is 1. The van der Waals surface area contributed by atoms with Crippen LogP contribution in [0.1, 0.15) is 16.1 Å². The molecule has 3 aromatic rings. The molecule has 30 heavy (non-hydrogen) atoms. The molecule has 2 aromatic carbocycles. The molecule has 0 spiro atoms. The van der Waals surface area contributed by atoms with Crippen molar-refractivity contribution in [2.75, 3.05) is 22.4 Å². The van der Waals surface area contributed by atoms with Crippen molar-refractivity contribution in [3.05, 3.63) is 65.9 Å². The fraction of sp³-hybridized carbons (Fsp3) is 0.105. The largest absolute Gasteiger partial charge is 0.452 e. The Morgan fingerprint density at radius 2 is 1.77 bits per heavy atom. The number of aromatic nitrogens is 1. The number of nitrogens with two attached hydrogens (primary N) is 1. The van der Waals surface area contributed by atoms with E-state index in [1.54, 1.807) is 19.1 Å². The number of ether oxygens (including phenoxy) is 1. The maximum absolute atomic E-state index is 12.3. The van der Waals surface area contributed by atoms with Crippen LogP contribution in [-0.4, -0.2) is 32.1 Å². The number of rotatable bonds is 7. The number of nitrogen functional groups attached to an aromatic ring is 1. The summed E-state index contributed by atoms with van der Waals surface area (Å²) in [7, 11) is -3.86. The SMILES string of the molecule is Cc1cc(NS(=O)(=O)c2ccc(NC(=O)COC(=O)c3ccc(N)cc3)cc2)no1. The first kappa shape index (κ1) is 20.9. The van der Waals surface area contributed by atoms with E-state index in [9.17, 15) is 18.0 Å². The van der Waals surface area contributed by atoms with Gasteiger partial charge in [-0.15, -0.1) is 0 Å². The maximum atomic E-state index is 12.3. The van der Waals surface area contributed by atoms with Gasteiger partial charge in [-0.3, -0.25) is 9.52 Å². The zero-order chi connectivity index (χ0) is 21.7. The molecule has 0 radical (unpaired) electrons. The van der Waals surface area contributed by atoms with E-state index in [2.05, 4.69) is 15.2 Å². The highest BCUT2D eigenvalue weighted by atomic mass is 32.2. The molecular formula is C19H18N4O6S. The van der Waals surface area contributed by atoms with E-state index in [1.807, 2.05) is 0 Å². The van der Waals surface area contributed by atoms with Crippen LogP contribution in [0.3, 0.4) is 0 Å². The summed E-state index contributed by atoms with van der Waals surface area (Å²) < 4.78 is 36.7. The predicted molar refractivity (Wildman–Crippen MR) is 108 cm³/mol. The molecule has 0 aliphatic heterocycles. The third-order valence-corrected chi connectivity index (χ3v) is 5.17. The van der Waals surface area contributed by atoms with Crippen molar-refractivity contribution < 1.29 is 27.3 Å². The third-order valence-electron chi connectivity index (χ3n) is 3.80. The third kappa shape index (κ3) is 5.35. The molecule has 4 N–H and O–H groups in total. The number of hydrogen-bond acceptors (Lipinski definition) is 8. The number of nitrogens with zero attached hydrogens (tertiary/aromatic N) is 1. The topological polar surface area (TPSA) is 154 Å². The lowest BCUT2D eigenvalue weighted by Gasteiger charge is -2.08. The monoisotopic (exact) mass is 430 g/mol. The van der Waals surface area contributed by atoms with E-state index in [-0.39, 0.29) is 16.3 Å². The Morgan fingerprint density at radius 1 is 1.10 bits per heavy atom. The summed E-state index contributed by atoms with van der Waals surface area (Å²) in [4.78, 5) is 23.8. The summed E-state index contributed by atoms with van der Waals surface area (Å²) in [5.41, 5.74) is 6.65. The smallest absolute Gasteiger partial charge is 0.338 e. The second-order valence-electron chi connectivity index (χ2n) is 6.20. The van der Waals surface area contributed by atoms with Crippen LogP contribution in [0.4, 0.5) is 17.2 Å². The lowest BCUT2D eigenvalue weighted by molar-refractivity contribution is -0.119. The van der Waals surface area contributed by atoms with Gasteiger partial charge in [-0.25, -0.2) is 13.2 Å². The number of carbonyl (C=O) groups excluding carboxylic acids is 2. The molecule has 0 saturated carbocycles. The number of sulfonamides is 1. The molecule has 3 rings (SSSR count). The van der Waals surface area contributed by atoms with Gasteiger partial charge < -0.3 is 20.3 Å². The molecular weight excluding hydrogens is 412 g/mol. The molecule has 0 aliphatic carbocycles. The Kier molecular flexibility index (Phi) is 6.02. The number of hydrogen-bond donors (Lipinski definition) is 3. The molecule has 156 valence electrons. The molecule has 0 saturated heterocycles. The fourth-order valence-corrected chi connectivity index (χ4v) is 3.34. The summed E-state index contributed by atoms with van der Waals surface area (Å²) in [5.74, 6) is -0.720. The van der Waals surface area contributed by atoms with Crippen LogP contribution in [0.25, 0.3) is 0 Å². The van der Waals surface area contributed by atoms with Gasteiger partial charge in [-0.1, -0.05) is 5.16 Å². The predicted octanol–water partition coefficient (Wildman–Crippen LogP) is 2.16. The molecule has 0 atom stereocenters. The number of benzene rings is 2. The van der Waals surface area contributed by atoms with Crippen molar-refractivity contribution in [1.29, 1.82) is 0 Å². The Labute approximate surface area is 172 Å². The highest BCUT2D eigenvalue weighted by molar-refractivity contribution is 7.92. The molecule has 11 heteroatoms. The summed E-state index contributed by atoms with van der Waals surface area (Å²) in [6.45, 7) is 1.13. The second kappa shape index (κ2) is 8.66. The minimum absolute atomic E-state index is 0.0315. The maximum Gasteiger partial charge on any atom is 0.338 e. The van der Waals surface area contributed by atoms with E-state index < -0.39 is 28.5 Å². The fourth-order valence-electron chi connectivity index (χ4n) is 2.36.